The summed E-state index contributed by atoms with van der Waals surface area (Å²) < 4.78 is 11.2. The van der Waals surface area contributed by atoms with Crippen molar-refractivity contribution >= 4 is 29.9 Å². The topological polar surface area (TPSA) is 58.1 Å². The Balaban J connectivity index is 0.00000729. The number of hydrogen-bond donors (Lipinski definition) is 2. The summed E-state index contributed by atoms with van der Waals surface area (Å²) in [6, 6.07) is 8.27. The summed E-state index contributed by atoms with van der Waals surface area (Å²) in [5, 5.41) is 6.71. The van der Waals surface area contributed by atoms with Gasteiger partial charge >= 0.3 is 0 Å². The Morgan fingerprint density at radius 3 is 2.50 bits per heavy atom. The number of guanidine groups is 1. The highest BCUT2D eigenvalue weighted by molar-refractivity contribution is 14.0. The zero-order valence-electron chi connectivity index (χ0n) is 18.3. The molecule has 0 heterocycles. The molecular weight excluding hydrogens is 467 g/mol. The number of ether oxygens (including phenoxy) is 2. The number of hydrogen-bond acceptors (Lipinski definition) is 4. The summed E-state index contributed by atoms with van der Waals surface area (Å²) in [5.74, 6) is 2.31. The Bertz CT molecular complexity index is 553. The Kier molecular flexibility index (Phi) is 15.2. The second-order valence-electron chi connectivity index (χ2n) is 7.19. The molecule has 28 heavy (non-hydrogen) atoms. The lowest BCUT2D eigenvalue weighted by Gasteiger charge is -2.25. The number of para-hydroxylation sites is 1. The summed E-state index contributed by atoms with van der Waals surface area (Å²) in [4.78, 5) is 6.96. The van der Waals surface area contributed by atoms with Crippen LogP contribution in [-0.4, -0.2) is 64.9 Å². The van der Waals surface area contributed by atoms with Crippen LogP contribution in [0.4, 0.5) is 0 Å². The molecule has 0 spiro atoms. The molecule has 162 valence electrons. The van der Waals surface area contributed by atoms with Gasteiger partial charge in [-0.3, -0.25) is 4.99 Å². The van der Waals surface area contributed by atoms with Crippen LogP contribution in [0.1, 0.15) is 38.8 Å². The zero-order chi connectivity index (χ0) is 20.1. The van der Waals surface area contributed by atoms with Gasteiger partial charge in [0.1, 0.15) is 5.75 Å². The number of nitrogens with zero attached hydrogens (tertiary/aromatic N) is 2. The third-order valence-corrected chi connectivity index (χ3v) is 4.10. The molecule has 1 aromatic rings. The molecular formula is C21H39IN4O2. The first-order valence-electron chi connectivity index (χ1n) is 9.88. The van der Waals surface area contributed by atoms with Gasteiger partial charge in [-0.2, -0.15) is 0 Å². The highest BCUT2D eigenvalue weighted by atomic mass is 127. The monoisotopic (exact) mass is 506 g/mol. The van der Waals surface area contributed by atoms with Crippen molar-refractivity contribution in [1.29, 1.82) is 0 Å². The maximum absolute atomic E-state index is 5.63. The van der Waals surface area contributed by atoms with Crippen molar-refractivity contribution in [3.8, 4) is 5.75 Å². The van der Waals surface area contributed by atoms with Gasteiger partial charge in [-0.25, -0.2) is 0 Å². The summed E-state index contributed by atoms with van der Waals surface area (Å²) in [6.07, 6.45) is 0.959. The Hall–Kier alpha value is -1.06. The molecule has 0 amide bonds. The normalized spacial score (nSPS) is 12.6. The predicted octanol–water partition coefficient (Wildman–Crippen LogP) is 3.53. The van der Waals surface area contributed by atoms with Crippen molar-refractivity contribution in [2.24, 2.45) is 10.9 Å². The maximum Gasteiger partial charge on any atom is 0.191 e. The van der Waals surface area contributed by atoms with Crippen molar-refractivity contribution in [3.05, 3.63) is 29.8 Å². The van der Waals surface area contributed by atoms with Crippen molar-refractivity contribution in [3.63, 3.8) is 0 Å². The van der Waals surface area contributed by atoms with Crippen LogP contribution < -0.4 is 15.4 Å². The quantitative estimate of drug-likeness (QED) is 0.197. The molecule has 0 aliphatic carbocycles. The molecule has 6 nitrogen and oxygen atoms in total. The van der Waals surface area contributed by atoms with E-state index in [1.54, 1.807) is 7.11 Å². The molecule has 2 N–H and O–H groups in total. The Labute approximate surface area is 188 Å². The minimum atomic E-state index is 0. The van der Waals surface area contributed by atoms with E-state index in [1.807, 2.05) is 18.2 Å². The lowest BCUT2D eigenvalue weighted by Crippen LogP contribution is -2.38. The fourth-order valence-electron chi connectivity index (χ4n) is 2.70. The van der Waals surface area contributed by atoms with E-state index < -0.39 is 0 Å². The molecule has 1 aromatic carbocycles. The van der Waals surface area contributed by atoms with Crippen LogP contribution in [0.2, 0.25) is 0 Å². The van der Waals surface area contributed by atoms with E-state index in [2.05, 4.69) is 56.5 Å². The molecule has 0 saturated carbocycles. The second kappa shape index (κ2) is 15.8. The van der Waals surface area contributed by atoms with Crippen LogP contribution in [0.3, 0.4) is 0 Å². The van der Waals surface area contributed by atoms with E-state index in [9.17, 15) is 0 Å². The number of halogens is 1. The number of benzene rings is 1. The average Bonchev–Trinajstić information content (AvgIpc) is 2.64. The van der Waals surface area contributed by atoms with E-state index in [1.165, 1.54) is 0 Å². The summed E-state index contributed by atoms with van der Waals surface area (Å²) in [6.45, 7) is 10.3. The molecule has 0 saturated heterocycles. The van der Waals surface area contributed by atoms with Gasteiger partial charge in [-0.15, -0.1) is 24.0 Å². The van der Waals surface area contributed by atoms with Gasteiger partial charge in [-0.1, -0.05) is 32.0 Å². The fraction of sp³-hybridized carbons (Fsp3) is 0.667. The fourth-order valence-corrected chi connectivity index (χ4v) is 2.70. The maximum atomic E-state index is 5.63. The van der Waals surface area contributed by atoms with Crippen LogP contribution in [0.15, 0.2) is 29.3 Å². The number of likely N-dealkylation sites (N-methyl/N-ethyl adjacent to an activating group) is 1. The Morgan fingerprint density at radius 1 is 1.18 bits per heavy atom. The highest BCUT2D eigenvalue weighted by Crippen LogP contribution is 2.28. The Morgan fingerprint density at radius 2 is 1.89 bits per heavy atom. The van der Waals surface area contributed by atoms with Crippen LogP contribution >= 0.6 is 24.0 Å². The van der Waals surface area contributed by atoms with Gasteiger partial charge in [0.05, 0.1) is 19.7 Å². The third kappa shape index (κ3) is 10.5. The van der Waals surface area contributed by atoms with Gasteiger partial charge in [0, 0.05) is 31.9 Å². The third-order valence-electron chi connectivity index (χ3n) is 4.10. The predicted molar refractivity (Wildman–Crippen MR) is 129 cm³/mol. The van der Waals surface area contributed by atoms with Crippen molar-refractivity contribution in [2.45, 2.75) is 33.2 Å². The van der Waals surface area contributed by atoms with Gasteiger partial charge in [-0.05, 0) is 39.4 Å². The van der Waals surface area contributed by atoms with Gasteiger partial charge < -0.3 is 25.0 Å². The molecule has 0 aliphatic heterocycles. The first kappa shape index (κ1) is 26.9. The average molecular weight is 506 g/mol. The summed E-state index contributed by atoms with van der Waals surface area (Å²) in [5.41, 5.74) is 1.15. The van der Waals surface area contributed by atoms with E-state index >= 15 is 0 Å². The molecule has 0 bridgehead atoms. The summed E-state index contributed by atoms with van der Waals surface area (Å²) in [7, 11) is 5.85. The zero-order valence-corrected chi connectivity index (χ0v) is 20.7. The molecule has 1 rings (SSSR count). The number of rotatable bonds is 12. The highest BCUT2D eigenvalue weighted by Gasteiger charge is 2.18. The second-order valence-corrected chi connectivity index (χ2v) is 7.19. The van der Waals surface area contributed by atoms with Crippen molar-refractivity contribution in [2.75, 3.05) is 54.1 Å². The van der Waals surface area contributed by atoms with Gasteiger partial charge in [0.2, 0.25) is 0 Å². The first-order chi connectivity index (χ1) is 13.0. The number of aliphatic imine (C=N–C) groups is 1. The minimum Gasteiger partial charge on any atom is -0.496 e. The van der Waals surface area contributed by atoms with Gasteiger partial charge in [0.25, 0.3) is 0 Å². The lowest BCUT2D eigenvalue weighted by atomic mass is 10.0. The van der Waals surface area contributed by atoms with Crippen LogP contribution in [0.5, 0.6) is 5.75 Å². The molecule has 0 aliphatic rings. The SMILES string of the molecule is CCNC(=NCC(c1ccccc1OC)N(C)C)NCCCOCC(C)C.I. The van der Waals surface area contributed by atoms with Crippen LogP contribution in [0.25, 0.3) is 0 Å². The summed E-state index contributed by atoms with van der Waals surface area (Å²) >= 11 is 0. The van der Waals surface area contributed by atoms with Gasteiger partial charge in [0.15, 0.2) is 5.96 Å². The molecule has 7 heteroatoms. The molecule has 0 aromatic heterocycles. The van der Waals surface area contributed by atoms with E-state index in [4.69, 9.17) is 14.5 Å². The van der Waals surface area contributed by atoms with E-state index in [-0.39, 0.29) is 30.0 Å². The molecule has 1 atom stereocenters. The number of methoxy groups -OCH3 is 1. The van der Waals surface area contributed by atoms with E-state index in [0.29, 0.717) is 12.5 Å². The van der Waals surface area contributed by atoms with E-state index in [0.717, 1.165) is 50.0 Å². The lowest BCUT2D eigenvalue weighted by molar-refractivity contribution is 0.108. The van der Waals surface area contributed by atoms with Crippen molar-refractivity contribution in [1.82, 2.24) is 15.5 Å². The smallest absolute Gasteiger partial charge is 0.191 e. The molecule has 0 fully saturated rings. The number of nitrogens with one attached hydrogen (secondary N) is 2. The standard InChI is InChI=1S/C21H38N4O2.HI/c1-7-22-21(23-13-10-14-27-16-17(2)3)24-15-19(25(4)5)18-11-8-9-12-20(18)26-6;/h8-9,11-12,17,19H,7,10,13-16H2,1-6H3,(H2,22,23,24);1H. The first-order valence-corrected chi connectivity index (χ1v) is 9.88. The largest absolute Gasteiger partial charge is 0.496 e. The minimum absolute atomic E-state index is 0. The molecule has 1 unspecified atom stereocenters. The van der Waals surface area contributed by atoms with Crippen molar-refractivity contribution < 1.29 is 9.47 Å². The molecule has 0 radical (unpaired) electrons. The van der Waals surface area contributed by atoms with Crippen LogP contribution in [-0.2, 0) is 4.74 Å². The van der Waals surface area contributed by atoms with Crippen LogP contribution in [0, 0.1) is 5.92 Å².